The average molecular weight is 539 g/mol. The Bertz CT molecular complexity index is 281. The van der Waals surface area contributed by atoms with Crippen LogP contribution in [-0.4, -0.2) is 61.3 Å². The summed E-state index contributed by atoms with van der Waals surface area (Å²) in [5.74, 6) is 0. The topological polar surface area (TPSA) is 0 Å². The third-order valence-corrected chi connectivity index (χ3v) is 7.89. The van der Waals surface area contributed by atoms with Crippen LogP contribution in [0.25, 0.3) is 0 Å². The molecule has 0 aromatic rings. The summed E-state index contributed by atoms with van der Waals surface area (Å²) in [4.78, 5) is 0. The fourth-order valence-corrected chi connectivity index (χ4v) is 5.29. The standard InChI is InChI=1S/2C16H36N.ClH.FH/c2*1-5-9-13-17(14-10-6-2,15-11-7-3)16-12-8-4;;/h2*5-16H2,1-4H3;2*1H/q2*+1;;/p-2. The van der Waals surface area contributed by atoms with Gasteiger partial charge in [-0.05, 0) is 51.4 Å². The molecule has 0 aliphatic heterocycles. The number of halogens is 2. The zero-order valence-electron chi connectivity index (χ0n) is 26.6. The highest BCUT2D eigenvalue weighted by Crippen LogP contribution is 2.17. The summed E-state index contributed by atoms with van der Waals surface area (Å²) in [5.41, 5.74) is 0. The van der Waals surface area contributed by atoms with Gasteiger partial charge in [0.25, 0.3) is 0 Å². The molecule has 0 atom stereocenters. The van der Waals surface area contributed by atoms with E-state index < -0.39 is 0 Å². The van der Waals surface area contributed by atoms with E-state index in [0.717, 1.165) is 0 Å². The lowest BCUT2D eigenvalue weighted by molar-refractivity contribution is -0.929. The molecule has 0 rings (SSSR count). The molecule has 0 saturated heterocycles. The first-order chi connectivity index (χ1) is 16.5. The van der Waals surface area contributed by atoms with Crippen molar-refractivity contribution in [2.24, 2.45) is 0 Å². The van der Waals surface area contributed by atoms with Gasteiger partial charge in [0.15, 0.2) is 0 Å². The van der Waals surface area contributed by atoms with Crippen molar-refractivity contribution in [3.8, 4) is 0 Å². The maximum Gasteiger partial charge on any atom is 0.0786 e. The minimum absolute atomic E-state index is 0. The Balaban J connectivity index is -0.000000269. The zero-order chi connectivity index (χ0) is 26.0. The van der Waals surface area contributed by atoms with Crippen molar-refractivity contribution in [2.75, 3.05) is 52.4 Å². The van der Waals surface area contributed by atoms with Crippen molar-refractivity contribution in [2.45, 2.75) is 158 Å². The van der Waals surface area contributed by atoms with Crippen LogP contribution in [-0.2, 0) is 0 Å². The van der Waals surface area contributed by atoms with Crippen LogP contribution in [0.15, 0.2) is 0 Å². The summed E-state index contributed by atoms with van der Waals surface area (Å²) >= 11 is 0. The molecule has 0 aromatic carbocycles. The van der Waals surface area contributed by atoms with Crippen molar-refractivity contribution in [1.29, 1.82) is 0 Å². The minimum atomic E-state index is 0. The highest BCUT2D eigenvalue weighted by molar-refractivity contribution is 4.50. The molecular weight excluding hydrogens is 467 g/mol. The fraction of sp³-hybridized carbons (Fsp3) is 1.00. The first-order valence-corrected chi connectivity index (χ1v) is 16.2. The van der Waals surface area contributed by atoms with Crippen LogP contribution in [0.1, 0.15) is 158 Å². The van der Waals surface area contributed by atoms with Gasteiger partial charge in [0.05, 0.1) is 52.4 Å². The van der Waals surface area contributed by atoms with E-state index in [2.05, 4.69) is 55.4 Å². The molecule has 0 heterocycles. The van der Waals surface area contributed by atoms with Crippen LogP contribution in [0.3, 0.4) is 0 Å². The van der Waals surface area contributed by atoms with Gasteiger partial charge in [-0.3, -0.25) is 0 Å². The maximum absolute atomic E-state index is 2.33. The van der Waals surface area contributed by atoms with Gasteiger partial charge in [-0.15, -0.1) is 0 Å². The Morgan fingerprint density at radius 3 is 0.472 bits per heavy atom. The highest BCUT2D eigenvalue weighted by atomic mass is 35.5. The molecule has 0 spiro atoms. The van der Waals surface area contributed by atoms with Crippen LogP contribution >= 0.6 is 0 Å². The zero-order valence-corrected chi connectivity index (χ0v) is 27.4. The first kappa shape index (κ1) is 43.2. The Labute approximate surface area is 236 Å². The number of rotatable bonds is 24. The molecule has 0 aliphatic rings. The molecule has 4 heteroatoms. The first-order valence-electron chi connectivity index (χ1n) is 16.2. The van der Waals surface area contributed by atoms with Crippen molar-refractivity contribution < 1.29 is 26.1 Å². The minimum Gasteiger partial charge on any atom is -1.00 e. The lowest BCUT2D eigenvalue weighted by atomic mass is 10.1. The monoisotopic (exact) mass is 539 g/mol. The van der Waals surface area contributed by atoms with E-state index in [4.69, 9.17) is 0 Å². The number of nitrogens with zero attached hydrogens (tertiary/aromatic N) is 2. The molecule has 0 amide bonds. The summed E-state index contributed by atoms with van der Waals surface area (Å²) < 4.78 is 2.84. The maximum atomic E-state index is 2.33. The third kappa shape index (κ3) is 23.3. The van der Waals surface area contributed by atoms with Crippen molar-refractivity contribution >= 4 is 0 Å². The van der Waals surface area contributed by atoms with E-state index in [1.54, 1.807) is 0 Å². The van der Waals surface area contributed by atoms with E-state index >= 15 is 0 Å². The highest BCUT2D eigenvalue weighted by Gasteiger charge is 2.25. The predicted octanol–water partition coefficient (Wildman–Crippen LogP) is 4.02. The van der Waals surface area contributed by atoms with Gasteiger partial charge in [-0.2, -0.15) is 0 Å². The summed E-state index contributed by atoms with van der Waals surface area (Å²) in [7, 11) is 0. The van der Waals surface area contributed by atoms with Crippen LogP contribution in [0.2, 0.25) is 0 Å². The molecular formula is C32H72ClFN2. The molecule has 0 N–H and O–H groups in total. The number of unbranched alkanes of at least 4 members (excludes halogenated alkanes) is 8. The molecule has 0 bridgehead atoms. The summed E-state index contributed by atoms with van der Waals surface area (Å²) in [5, 5.41) is 0. The predicted molar refractivity (Wildman–Crippen MR) is 159 cm³/mol. The molecule has 0 unspecified atom stereocenters. The second-order valence-electron chi connectivity index (χ2n) is 11.3. The van der Waals surface area contributed by atoms with E-state index in [1.165, 1.54) is 164 Å². The number of hydrogen-bond donors (Lipinski definition) is 0. The van der Waals surface area contributed by atoms with Gasteiger partial charge in [-0.25, -0.2) is 0 Å². The van der Waals surface area contributed by atoms with Crippen LogP contribution in [0.4, 0.5) is 0 Å². The second-order valence-corrected chi connectivity index (χ2v) is 11.3. The summed E-state index contributed by atoms with van der Waals surface area (Å²) in [6, 6.07) is 0. The quantitative estimate of drug-likeness (QED) is 0.163. The van der Waals surface area contributed by atoms with Gasteiger partial charge in [0.2, 0.25) is 0 Å². The van der Waals surface area contributed by atoms with E-state index in [0.29, 0.717) is 0 Å². The van der Waals surface area contributed by atoms with E-state index in [-0.39, 0.29) is 17.1 Å². The molecule has 0 radical (unpaired) electrons. The Morgan fingerprint density at radius 2 is 0.389 bits per heavy atom. The second kappa shape index (κ2) is 31.4. The van der Waals surface area contributed by atoms with Gasteiger partial charge in [0.1, 0.15) is 0 Å². The van der Waals surface area contributed by atoms with Gasteiger partial charge >= 0.3 is 0 Å². The Hall–Kier alpha value is 0.140. The Kier molecular flexibility index (Phi) is 37.6. The van der Waals surface area contributed by atoms with Crippen LogP contribution < -0.4 is 17.1 Å². The normalized spacial score (nSPS) is 11.3. The molecule has 0 aromatic heterocycles. The molecule has 0 saturated carbocycles. The third-order valence-electron chi connectivity index (χ3n) is 7.89. The lowest BCUT2D eigenvalue weighted by Gasteiger charge is -2.39. The number of hydrogen-bond acceptors (Lipinski definition) is 0. The smallest absolute Gasteiger partial charge is 0.0786 e. The molecule has 2 nitrogen and oxygen atoms in total. The SMILES string of the molecule is CCCC[N+](CCCC)(CCCC)CCCC.CCCC[N+](CCCC)(CCCC)CCCC.[Cl-].[F-]. The summed E-state index contributed by atoms with van der Waals surface area (Å²) in [6.45, 7) is 30.0. The van der Waals surface area contributed by atoms with E-state index in [9.17, 15) is 0 Å². The molecule has 224 valence electrons. The van der Waals surface area contributed by atoms with E-state index in [1.807, 2.05) is 0 Å². The Morgan fingerprint density at radius 1 is 0.278 bits per heavy atom. The molecule has 0 fully saturated rings. The molecule has 0 aliphatic carbocycles. The molecule has 36 heavy (non-hydrogen) atoms. The fourth-order valence-electron chi connectivity index (χ4n) is 5.29. The lowest BCUT2D eigenvalue weighted by Crippen LogP contribution is -3.00. The van der Waals surface area contributed by atoms with Gasteiger partial charge < -0.3 is 26.1 Å². The average Bonchev–Trinajstić information content (AvgIpc) is 2.87. The van der Waals surface area contributed by atoms with Crippen LogP contribution in [0, 0.1) is 0 Å². The van der Waals surface area contributed by atoms with Crippen molar-refractivity contribution in [3.63, 3.8) is 0 Å². The van der Waals surface area contributed by atoms with Gasteiger partial charge in [0, 0.05) is 0 Å². The van der Waals surface area contributed by atoms with Crippen LogP contribution in [0.5, 0.6) is 0 Å². The van der Waals surface area contributed by atoms with Gasteiger partial charge in [-0.1, -0.05) is 107 Å². The largest absolute Gasteiger partial charge is 1.00 e. The number of quaternary nitrogens is 2. The van der Waals surface area contributed by atoms with Crippen molar-refractivity contribution in [1.82, 2.24) is 0 Å². The summed E-state index contributed by atoms with van der Waals surface area (Å²) in [6.07, 6.45) is 22.1. The van der Waals surface area contributed by atoms with Crippen molar-refractivity contribution in [3.05, 3.63) is 0 Å².